The van der Waals surface area contributed by atoms with Crippen LogP contribution in [0.15, 0.2) is 54.6 Å². The van der Waals surface area contributed by atoms with Crippen LogP contribution in [0.25, 0.3) is 10.8 Å². The molecule has 0 unspecified atom stereocenters. The molecule has 0 atom stereocenters. The topological polar surface area (TPSA) is 33.0 Å². The molecule has 0 bridgehead atoms. The summed E-state index contributed by atoms with van der Waals surface area (Å²) in [4.78, 5) is 0. The lowest BCUT2D eigenvalue weighted by atomic mass is 10.0. The average Bonchev–Trinajstić information content (AvgIpc) is 2.46. The summed E-state index contributed by atoms with van der Waals surface area (Å²) < 4.78 is 32.0. The van der Waals surface area contributed by atoms with Crippen molar-refractivity contribution in [1.29, 1.82) is 5.26 Å². The average molecular weight is 281 g/mol. The fraction of sp³-hybridized carbons (Fsp3) is 0. The van der Waals surface area contributed by atoms with Crippen molar-refractivity contribution in [2.24, 2.45) is 0 Å². The number of hydrogen-bond acceptors (Lipinski definition) is 2. The molecule has 0 aromatic heterocycles. The van der Waals surface area contributed by atoms with Crippen LogP contribution in [0.1, 0.15) is 5.56 Å². The highest BCUT2D eigenvalue weighted by Crippen LogP contribution is 2.32. The normalized spacial score (nSPS) is 10.3. The summed E-state index contributed by atoms with van der Waals surface area (Å²) in [6.45, 7) is 0. The lowest BCUT2D eigenvalue weighted by Crippen LogP contribution is -1.90. The number of rotatable bonds is 2. The van der Waals surface area contributed by atoms with Gasteiger partial charge in [0.1, 0.15) is 23.1 Å². The molecule has 0 amide bonds. The maximum absolute atomic E-state index is 13.2. The Morgan fingerprint density at radius 1 is 0.857 bits per heavy atom. The minimum atomic E-state index is -0.706. The van der Waals surface area contributed by atoms with Crippen LogP contribution < -0.4 is 4.74 Å². The van der Waals surface area contributed by atoms with E-state index in [4.69, 9.17) is 10.00 Å². The fourth-order valence-corrected chi connectivity index (χ4v) is 2.17. The molecule has 0 heterocycles. The van der Waals surface area contributed by atoms with Gasteiger partial charge in [-0.25, -0.2) is 8.78 Å². The van der Waals surface area contributed by atoms with Gasteiger partial charge >= 0.3 is 0 Å². The maximum Gasteiger partial charge on any atom is 0.135 e. The summed E-state index contributed by atoms with van der Waals surface area (Å²) in [6, 6.07) is 15.5. The molecule has 0 fully saturated rings. The zero-order valence-corrected chi connectivity index (χ0v) is 10.8. The van der Waals surface area contributed by atoms with Crippen molar-refractivity contribution < 1.29 is 13.5 Å². The molecule has 3 aromatic rings. The van der Waals surface area contributed by atoms with Gasteiger partial charge in [-0.2, -0.15) is 5.26 Å². The van der Waals surface area contributed by atoms with E-state index in [1.54, 1.807) is 24.3 Å². The third-order valence-electron chi connectivity index (χ3n) is 3.07. The smallest absolute Gasteiger partial charge is 0.135 e. The van der Waals surface area contributed by atoms with Crippen molar-refractivity contribution in [2.75, 3.05) is 0 Å². The molecular formula is C17H9F2NO. The standard InChI is InChI=1S/C17H9F2NO/c18-12-7-13(19)9-14(8-12)21-17-6-5-11(10-20)15-3-1-2-4-16(15)17/h1-9H. The zero-order valence-electron chi connectivity index (χ0n) is 10.8. The van der Waals surface area contributed by atoms with Gasteiger partial charge in [-0.15, -0.1) is 0 Å². The largest absolute Gasteiger partial charge is 0.457 e. The van der Waals surface area contributed by atoms with Crippen molar-refractivity contribution in [1.82, 2.24) is 0 Å². The lowest BCUT2D eigenvalue weighted by molar-refractivity contribution is 0.473. The van der Waals surface area contributed by atoms with Crippen LogP contribution in [-0.4, -0.2) is 0 Å². The first-order valence-electron chi connectivity index (χ1n) is 6.23. The molecule has 21 heavy (non-hydrogen) atoms. The van der Waals surface area contributed by atoms with Crippen LogP contribution in [0, 0.1) is 23.0 Å². The first-order chi connectivity index (χ1) is 10.2. The molecule has 102 valence electrons. The van der Waals surface area contributed by atoms with E-state index in [2.05, 4.69) is 6.07 Å². The molecule has 3 aromatic carbocycles. The highest BCUT2D eigenvalue weighted by atomic mass is 19.1. The Morgan fingerprint density at radius 2 is 1.52 bits per heavy atom. The Hall–Kier alpha value is -2.93. The SMILES string of the molecule is N#Cc1ccc(Oc2cc(F)cc(F)c2)c2ccccc12. The van der Waals surface area contributed by atoms with Crippen LogP contribution in [-0.2, 0) is 0 Å². The Kier molecular flexibility index (Phi) is 3.25. The molecule has 0 aliphatic carbocycles. The molecule has 0 spiro atoms. The highest BCUT2D eigenvalue weighted by Gasteiger charge is 2.08. The second-order valence-electron chi connectivity index (χ2n) is 4.48. The van der Waals surface area contributed by atoms with Gasteiger partial charge in [0.2, 0.25) is 0 Å². The van der Waals surface area contributed by atoms with Crippen molar-refractivity contribution in [3.8, 4) is 17.6 Å². The Morgan fingerprint density at radius 3 is 2.19 bits per heavy atom. The fourth-order valence-electron chi connectivity index (χ4n) is 2.17. The summed E-state index contributed by atoms with van der Waals surface area (Å²) in [5.41, 5.74) is 0.517. The van der Waals surface area contributed by atoms with E-state index in [0.29, 0.717) is 16.7 Å². The molecule has 2 nitrogen and oxygen atoms in total. The summed E-state index contributed by atoms with van der Waals surface area (Å²) in [6.07, 6.45) is 0. The van der Waals surface area contributed by atoms with Gasteiger partial charge < -0.3 is 4.74 Å². The number of ether oxygens (including phenoxy) is 1. The quantitative estimate of drug-likeness (QED) is 0.677. The summed E-state index contributed by atoms with van der Waals surface area (Å²) >= 11 is 0. The molecular weight excluding hydrogens is 272 g/mol. The Bertz CT molecular complexity index is 848. The predicted octanol–water partition coefficient (Wildman–Crippen LogP) is 4.78. The van der Waals surface area contributed by atoms with E-state index >= 15 is 0 Å². The summed E-state index contributed by atoms with van der Waals surface area (Å²) in [7, 11) is 0. The van der Waals surface area contributed by atoms with Crippen LogP contribution in [0.2, 0.25) is 0 Å². The summed E-state index contributed by atoms with van der Waals surface area (Å²) in [5, 5.41) is 10.5. The molecule has 3 rings (SSSR count). The van der Waals surface area contributed by atoms with E-state index in [1.807, 2.05) is 12.1 Å². The van der Waals surface area contributed by atoms with E-state index in [9.17, 15) is 8.78 Å². The molecule has 0 saturated heterocycles. The number of hydrogen-bond donors (Lipinski definition) is 0. The van der Waals surface area contributed by atoms with Crippen molar-refractivity contribution in [2.45, 2.75) is 0 Å². The number of nitrogens with zero attached hydrogens (tertiary/aromatic N) is 1. The van der Waals surface area contributed by atoms with Crippen LogP contribution in [0.4, 0.5) is 8.78 Å². The summed E-state index contributed by atoms with van der Waals surface area (Å²) in [5.74, 6) is -0.900. The molecule has 0 radical (unpaired) electrons. The Labute approximate surface area is 119 Å². The van der Waals surface area contributed by atoms with Gasteiger partial charge in [-0.05, 0) is 12.1 Å². The third-order valence-corrected chi connectivity index (χ3v) is 3.07. The molecule has 0 aliphatic heterocycles. The third kappa shape index (κ3) is 2.54. The molecule has 0 saturated carbocycles. The van der Waals surface area contributed by atoms with E-state index in [1.165, 1.54) is 0 Å². The molecule has 0 N–H and O–H groups in total. The second kappa shape index (κ2) is 5.22. The minimum Gasteiger partial charge on any atom is -0.457 e. The molecule has 0 aliphatic rings. The number of nitriles is 1. The monoisotopic (exact) mass is 281 g/mol. The molecule has 4 heteroatoms. The van der Waals surface area contributed by atoms with Gasteiger partial charge in [0.05, 0.1) is 11.6 Å². The van der Waals surface area contributed by atoms with Gasteiger partial charge in [0.15, 0.2) is 0 Å². The Balaban J connectivity index is 2.11. The minimum absolute atomic E-state index is 0.0716. The van der Waals surface area contributed by atoms with Crippen LogP contribution in [0.3, 0.4) is 0 Å². The second-order valence-corrected chi connectivity index (χ2v) is 4.48. The van der Waals surface area contributed by atoms with Crippen molar-refractivity contribution >= 4 is 10.8 Å². The maximum atomic E-state index is 13.2. The van der Waals surface area contributed by atoms with Gasteiger partial charge in [0.25, 0.3) is 0 Å². The van der Waals surface area contributed by atoms with E-state index in [-0.39, 0.29) is 5.75 Å². The number of fused-ring (bicyclic) bond motifs is 1. The predicted molar refractivity (Wildman–Crippen MR) is 75.1 cm³/mol. The van der Waals surface area contributed by atoms with Gasteiger partial charge in [-0.3, -0.25) is 0 Å². The van der Waals surface area contributed by atoms with Gasteiger partial charge in [0, 0.05) is 29.0 Å². The highest BCUT2D eigenvalue weighted by molar-refractivity contribution is 5.92. The number of halogens is 2. The van der Waals surface area contributed by atoms with Crippen LogP contribution in [0.5, 0.6) is 11.5 Å². The van der Waals surface area contributed by atoms with E-state index < -0.39 is 11.6 Å². The van der Waals surface area contributed by atoms with Crippen LogP contribution >= 0.6 is 0 Å². The zero-order chi connectivity index (χ0) is 14.8. The first kappa shape index (κ1) is 13.1. The van der Waals surface area contributed by atoms with Crippen molar-refractivity contribution in [3.63, 3.8) is 0 Å². The van der Waals surface area contributed by atoms with Gasteiger partial charge in [-0.1, -0.05) is 24.3 Å². The van der Waals surface area contributed by atoms with E-state index in [0.717, 1.165) is 23.6 Å². The first-order valence-corrected chi connectivity index (χ1v) is 6.23. The van der Waals surface area contributed by atoms with Crippen molar-refractivity contribution in [3.05, 3.63) is 71.8 Å². The lowest BCUT2D eigenvalue weighted by Gasteiger charge is -2.10. The number of benzene rings is 3.